The van der Waals surface area contributed by atoms with E-state index < -0.39 is 0 Å². The fraction of sp³-hybridized carbons (Fsp3) is 0.667. The van der Waals surface area contributed by atoms with Gasteiger partial charge in [0, 0.05) is 0 Å². The minimum atomic E-state index is 0.0648. The largest absolute Gasteiger partial charge is 0.388 e. The van der Waals surface area contributed by atoms with Crippen LogP contribution in [-0.2, 0) is 4.74 Å². The maximum Gasteiger partial charge on any atom is 0.111 e. The highest BCUT2D eigenvalue weighted by Gasteiger charge is 2.20. The number of aliphatic hydroxyl groups excluding tert-OH is 1. The average molecular weight is 73.1 g/mol. The van der Waals surface area contributed by atoms with E-state index in [1.165, 1.54) is 0 Å². The highest BCUT2D eigenvalue weighted by molar-refractivity contribution is 4.75. The average Bonchev–Trinajstić information content (AvgIpc) is 2.12. The van der Waals surface area contributed by atoms with Crippen molar-refractivity contribution in [3.05, 3.63) is 6.61 Å². The molecule has 1 aliphatic heterocycles. The fourth-order valence-electron chi connectivity index (χ4n) is 0.142. The summed E-state index contributed by atoms with van der Waals surface area (Å²) in [6.07, 6.45) is 0.0648. The van der Waals surface area contributed by atoms with Crippen molar-refractivity contribution in [2.75, 3.05) is 6.61 Å². The first-order valence-corrected chi connectivity index (χ1v) is 1.52. The van der Waals surface area contributed by atoms with Crippen LogP contribution in [0.3, 0.4) is 0 Å². The first-order valence-electron chi connectivity index (χ1n) is 1.52. The van der Waals surface area contributed by atoms with E-state index in [9.17, 15) is 0 Å². The number of hydrogen-bond donors (Lipinski definition) is 1. The van der Waals surface area contributed by atoms with Gasteiger partial charge in [-0.25, -0.2) is 0 Å². The zero-order chi connectivity index (χ0) is 3.70. The summed E-state index contributed by atoms with van der Waals surface area (Å²) in [5.41, 5.74) is 0. The van der Waals surface area contributed by atoms with E-state index in [2.05, 4.69) is 4.74 Å². The first-order chi connectivity index (χ1) is 2.43. The molecular formula is C3H5O2. The molecule has 0 aromatic carbocycles. The Morgan fingerprint density at radius 1 is 2.00 bits per heavy atom. The van der Waals surface area contributed by atoms with Gasteiger partial charge in [-0.2, -0.15) is 0 Å². The summed E-state index contributed by atoms with van der Waals surface area (Å²) < 4.78 is 4.55. The molecule has 29 valence electrons. The lowest BCUT2D eigenvalue weighted by atomic mass is 10.5. The van der Waals surface area contributed by atoms with Gasteiger partial charge in [0.15, 0.2) is 0 Å². The van der Waals surface area contributed by atoms with Gasteiger partial charge in [-0.15, -0.1) is 0 Å². The lowest BCUT2D eigenvalue weighted by molar-refractivity contribution is 0.315. The normalized spacial score (nSPS) is 34.2. The van der Waals surface area contributed by atoms with Gasteiger partial charge >= 0.3 is 0 Å². The predicted octanol–water partition coefficient (Wildman–Crippen LogP) is -0.0805. The van der Waals surface area contributed by atoms with Gasteiger partial charge in [0.05, 0.1) is 6.61 Å². The Morgan fingerprint density at radius 3 is 2.60 bits per heavy atom. The van der Waals surface area contributed by atoms with E-state index in [1.807, 2.05) is 0 Å². The van der Waals surface area contributed by atoms with E-state index in [0.717, 1.165) is 6.61 Å². The third-order valence-corrected chi connectivity index (χ3v) is 0.525. The molecule has 1 N–H and O–H groups in total. The molecule has 0 aliphatic carbocycles. The molecule has 5 heavy (non-hydrogen) atoms. The highest BCUT2D eigenvalue weighted by atomic mass is 16.6. The maximum absolute atomic E-state index is 7.96. The molecule has 0 spiro atoms. The number of epoxide rings is 1. The molecule has 1 aliphatic rings. The summed E-state index contributed by atoms with van der Waals surface area (Å²) in [5, 5.41) is 7.96. The van der Waals surface area contributed by atoms with Gasteiger partial charge < -0.3 is 9.84 Å². The van der Waals surface area contributed by atoms with Crippen LogP contribution in [-0.4, -0.2) is 17.8 Å². The van der Waals surface area contributed by atoms with Crippen molar-refractivity contribution >= 4 is 0 Å². The van der Waals surface area contributed by atoms with Gasteiger partial charge in [-0.1, -0.05) is 0 Å². The van der Waals surface area contributed by atoms with E-state index in [0.29, 0.717) is 6.61 Å². The topological polar surface area (TPSA) is 32.8 Å². The van der Waals surface area contributed by atoms with Crippen molar-refractivity contribution in [1.29, 1.82) is 0 Å². The first kappa shape index (κ1) is 3.12. The Morgan fingerprint density at radius 2 is 2.60 bits per heavy atom. The molecule has 2 heteroatoms. The van der Waals surface area contributed by atoms with Gasteiger partial charge in [0.2, 0.25) is 0 Å². The second-order valence-electron chi connectivity index (χ2n) is 1.02. The molecule has 1 atom stereocenters. The zero-order valence-electron chi connectivity index (χ0n) is 2.72. The molecule has 0 bridgehead atoms. The molecule has 0 amide bonds. The van der Waals surface area contributed by atoms with E-state index in [-0.39, 0.29) is 6.10 Å². The third-order valence-electron chi connectivity index (χ3n) is 0.525. The van der Waals surface area contributed by atoms with E-state index in [4.69, 9.17) is 5.11 Å². The second-order valence-corrected chi connectivity index (χ2v) is 1.02. The van der Waals surface area contributed by atoms with Crippen LogP contribution in [0.25, 0.3) is 0 Å². The van der Waals surface area contributed by atoms with Crippen LogP contribution in [0.2, 0.25) is 0 Å². The lowest BCUT2D eigenvalue weighted by Gasteiger charge is -1.68. The molecule has 0 aromatic heterocycles. The molecule has 1 heterocycles. The third kappa shape index (κ3) is 0.597. The Kier molecular flexibility index (Phi) is 0.596. The minimum Gasteiger partial charge on any atom is -0.388 e. The van der Waals surface area contributed by atoms with Crippen LogP contribution in [0.1, 0.15) is 0 Å². The smallest absolute Gasteiger partial charge is 0.111 e. The van der Waals surface area contributed by atoms with Crippen molar-refractivity contribution < 1.29 is 9.84 Å². The number of rotatable bonds is 1. The summed E-state index contributed by atoms with van der Waals surface area (Å²) in [6, 6.07) is 0. The Hall–Kier alpha value is -0.0800. The molecule has 2 nitrogen and oxygen atoms in total. The minimum absolute atomic E-state index is 0.0648. The quantitative estimate of drug-likeness (QED) is 0.440. The number of ether oxygens (including phenoxy) is 1. The maximum atomic E-state index is 7.96. The van der Waals surface area contributed by atoms with Crippen molar-refractivity contribution in [2.24, 2.45) is 0 Å². The lowest BCUT2D eigenvalue weighted by Crippen LogP contribution is -1.79. The Labute approximate surface area is 30.4 Å². The molecule has 0 saturated carbocycles. The summed E-state index contributed by atoms with van der Waals surface area (Å²) in [4.78, 5) is 0. The van der Waals surface area contributed by atoms with E-state index >= 15 is 0 Å². The summed E-state index contributed by atoms with van der Waals surface area (Å²) in [7, 11) is 0. The standard InChI is InChI=1S/C3H5O2/c4-1-3-2-5-3/h1,3-4H,2H2. The van der Waals surface area contributed by atoms with Gasteiger partial charge in [-0.3, -0.25) is 0 Å². The van der Waals surface area contributed by atoms with Crippen molar-refractivity contribution in [3.63, 3.8) is 0 Å². The van der Waals surface area contributed by atoms with Crippen LogP contribution in [0.15, 0.2) is 0 Å². The molecule has 1 fully saturated rings. The summed E-state index contributed by atoms with van der Waals surface area (Å²) >= 11 is 0. The van der Waals surface area contributed by atoms with Gasteiger partial charge in [0.1, 0.15) is 12.7 Å². The Balaban J connectivity index is 2.00. The molecule has 1 unspecified atom stereocenters. The Bertz CT molecular complexity index is 31.9. The van der Waals surface area contributed by atoms with Crippen molar-refractivity contribution in [2.45, 2.75) is 6.10 Å². The van der Waals surface area contributed by atoms with Crippen LogP contribution in [0.5, 0.6) is 0 Å². The SMILES string of the molecule is O[CH]C1CO1. The second kappa shape index (κ2) is 0.954. The molecular weight excluding hydrogens is 68.0 g/mol. The van der Waals surface area contributed by atoms with Gasteiger partial charge in [0.25, 0.3) is 0 Å². The number of aliphatic hydroxyl groups is 1. The monoisotopic (exact) mass is 73.0 g/mol. The predicted molar refractivity (Wildman–Crippen MR) is 16.0 cm³/mol. The fourth-order valence-corrected chi connectivity index (χ4v) is 0.142. The zero-order valence-corrected chi connectivity index (χ0v) is 2.72. The number of hydrogen-bond acceptors (Lipinski definition) is 2. The summed E-state index contributed by atoms with van der Waals surface area (Å²) in [5.74, 6) is 0. The summed E-state index contributed by atoms with van der Waals surface area (Å²) in [6.45, 7) is 1.76. The van der Waals surface area contributed by atoms with Crippen LogP contribution < -0.4 is 0 Å². The molecule has 1 radical (unpaired) electrons. The van der Waals surface area contributed by atoms with Crippen molar-refractivity contribution in [1.82, 2.24) is 0 Å². The van der Waals surface area contributed by atoms with Crippen LogP contribution in [0, 0.1) is 6.61 Å². The molecule has 1 saturated heterocycles. The van der Waals surface area contributed by atoms with Crippen LogP contribution >= 0.6 is 0 Å². The van der Waals surface area contributed by atoms with Crippen LogP contribution in [0.4, 0.5) is 0 Å². The molecule has 0 aromatic rings. The van der Waals surface area contributed by atoms with Gasteiger partial charge in [-0.05, 0) is 0 Å². The highest BCUT2D eigenvalue weighted by Crippen LogP contribution is 2.08. The van der Waals surface area contributed by atoms with E-state index in [1.54, 1.807) is 0 Å². The molecule has 1 rings (SSSR count). The van der Waals surface area contributed by atoms with Crippen molar-refractivity contribution in [3.8, 4) is 0 Å².